The maximum absolute atomic E-state index is 15.1. The van der Waals surface area contributed by atoms with Gasteiger partial charge in [-0.15, -0.1) is 0 Å². The zero-order chi connectivity index (χ0) is 30.5. The molecule has 1 aliphatic heterocycles. The second-order valence-corrected chi connectivity index (χ2v) is 13.0. The van der Waals surface area contributed by atoms with Gasteiger partial charge in [-0.2, -0.15) is 4.98 Å². The lowest BCUT2D eigenvalue weighted by atomic mass is 10.0. The number of H-pyrrole nitrogens is 1. The molecule has 0 spiro atoms. The van der Waals surface area contributed by atoms with Crippen LogP contribution in [-0.4, -0.2) is 37.5 Å². The van der Waals surface area contributed by atoms with E-state index in [1.807, 2.05) is 19.1 Å². The molecule has 11 heteroatoms. The molecule has 228 valence electrons. The molecule has 0 bridgehead atoms. The number of nitrogens with one attached hydrogen (secondary N) is 3. The highest BCUT2D eigenvalue weighted by molar-refractivity contribution is 8.13. The molecule has 0 unspecified atom stereocenters. The van der Waals surface area contributed by atoms with Gasteiger partial charge in [0, 0.05) is 41.0 Å². The first-order chi connectivity index (χ1) is 20.7. The lowest BCUT2D eigenvalue weighted by Crippen LogP contribution is -2.32. The Morgan fingerprint density at radius 3 is 2.74 bits per heavy atom. The van der Waals surface area contributed by atoms with Gasteiger partial charge in [0.25, 0.3) is 0 Å². The normalized spacial score (nSPS) is 18.0. The first kappa shape index (κ1) is 31.3. The predicted octanol–water partition coefficient (Wildman–Crippen LogP) is 6.43. The molecule has 2 aromatic carbocycles. The zero-order valence-corrected chi connectivity index (χ0v) is 25.9. The van der Waals surface area contributed by atoms with E-state index in [4.69, 9.17) is 28.5 Å². The molecular formula is C32H39ClFN7OS. The Labute approximate surface area is 260 Å². The molecule has 4 aromatic rings. The fraction of sp³-hybridized carbons (Fsp3) is 0.406. The fourth-order valence-electron chi connectivity index (χ4n) is 5.80. The number of aromatic nitrogens is 3. The van der Waals surface area contributed by atoms with E-state index >= 15 is 4.39 Å². The minimum Gasteiger partial charge on any atom is -0.379 e. The largest absolute Gasteiger partial charge is 0.379 e. The van der Waals surface area contributed by atoms with E-state index < -0.39 is 11.5 Å². The van der Waals surface area contributed by atoms with Gasteiger partial charge < -0.3 is 21.8 Å². The number of amidine groups is 1. The number of halogens is 2. The van der Waals surface area contributed by atoms with E-state index in [0.29, 0.717) is 34.0 Å². The third kappa shape index (κ3) is 7.86. The Kier molecular flexibility index (Phi) is 10.2. The van der Waals surface area contributed by atoms with Crippen LogP contribution in [0.1, 0.15) is 69.0 Å². The van der Waals surface area contributed by atoms with Crippen molar-refractivity contribution in [1.29, 1.82) is 5.41 Å². The van der Waals surface area contributed by atoms with Crippen LogP contribution < -0.4 is 22.5 Å². The van der Waals surface area contributed by atoms with Crippen molar-refractivity contribution in [2.75, 3.05) is 5.75 Å². The summed E-state index contributed by atoms with van der Waals surface area (Å²) in [5.41, 5.74) is 15.0. The molecule has 7 N–H and O–H groups in total. The number of benzene rings is 2. The summed E-state index contributed by atoms with van der Waals surface area (Å²) in [6, 6.07) is 14.0. The highest BCUT2D eigenvalue weighted by atomic mass is 35.5. The van der Waals surface area contributed by atoms with E-state index in [1.165, 1.54) is 28.3 Å². The summed E-state index contributed by atoms with van der Waals surface area (Å²) >= 11 is 7.65. The molecule has 0 saturated carbocycles. The van der Waals surface area contributed by atoms with Gasteiger partial charge in [-0.1, -0.05) is 48.3 Å². The van der Waals surface area contributed by atoms with Crippen molar-refractivity contribution in [3.8, 4) is 16.9 Å². The van der Waals surface area contributed by atoms with Crippen molar-refractivity contribution in [1.82, 2.24) is 19.9 Å². The van der Waals surface area contributed by atoms with Crippen LogP contribution in [0.15, 0.2) is 53.5 Å². The topological polar surface area (TPSA) is 139 Å². The van der Waals surface area contributed by atoms with Gasteiger partial charge in [0.15, 0.2) is 11.0 Å². The number of thioether (sulfide) groups is 1. The average molecular weight is 624 g/mol. The minimum absolute atomic E-state index is 0.0593. The number of hydrogen-bond donors (Lipinski definition) is 5. The first-order valence-electron chi connectivity index (χ1n) is 14.9. The first-order valence-corrected chi connectivity index (χ1v) is 16.2. The summed E-state index contributed by atoms with van der Waals surface area (Å²) in [5.74, 6) is 0.318. The molecule has 3 heterocycles. The van der Waals surface area contributed by atoms with Gasteiger partial charge in [0.05, 0.1) is 16.4 Å². The van der Waals surface area contributed by atoms with Crippen LogP contribution in [0.4, 0.5) is 4.39 Å². The van der Waals surface area contributed by atoms with E-state index in [1.54, 1.807) is 24.4 Å². The van der Waals surface area contributed by atoms with Crippen LogP contribution in [-0.2, 0) is 6.42 Å². The molecule has 5 rings (SSSR count). The molecule has 1 aliphatic rings. The summed E-state index contributed by atoms with van der Waals surface area (Å²) < 4.78 is 16.6. The molecule has 1 fully saturated rings. The third-order valence-electron chi connectivity index (χ3n) is 8.04. The highest BCUT2D eigenvalue weighted by Crippen LogP contribution is 2.32. The van der Waals surface area contributed by atoms with Gasteiger partial charge in [-0.05, 0) is 86.9 Å². The van der Waals surface area contributed by atoms with Crippen molar-refractivity contribution < 1.29 is 4.39 Å². The number of fused-ring (bicyclic) bond motifs is 1. The van der Waals surface area contributed by atoms with Crippen LogP contribution in [0.25, 0.3) is 28.0 Å². The predicted molar refractivity (Wildman–Crippen MR) is 176 cm³/mol. The van der Waals surface area contributed by atoms with Crippen LogP contribution >= 0.6 is 23.4 Å². The van der Waals surface area contributed by atoms with E-state index in [0.717, 1.165) is 56.3 Å². The molecule has 2 aromatic heterocycles. The summed E-state index contributed by atoms with van der Waals surface area (Å²) in [6.07, 6.45) is 9.66. The van der Waals surface area contributed by atoms with Crippen molar-refractivity contribution in [2.24, 2.45) is 11.5 Å². The Hall–Kier alpha value is -3.18. The number of aryl methyl sites for hydroxylation is 1. The van der Waals surface area contributed by atoms with Gasteiger partial charge in [-0.25, -0.2) is 9.18 Å². The quantitative estimate of drug-likeness (QED) is 0.102. The number of nitrogens with zero attached hydrogens (tertiary/aromatic N) is 2. The molecule has 0 amide bonds. The SMILES string of the molecule is C[C@H](N)CCCc1cc(Cl)c(F)c(-c2cc3cn(-c4ccc([C@@H]5CCCC[C@@H](CCSC(=N)N)N5)cc4)c(=O)nc3[nH]2)c1. The molecular weight excluding hydrogens is 585 g/mol. The lowest BCUT2D eigenvalue weighted by molar-refractivity contribution is 0.431. The summed E-state index contributed by atoms with van der Waals surface area (Å²) in [6.45, 7) is 1.97. The van der Waals surface area contributed by atoms with Crippen molar-refractivity contribution in [2.45, 2.75) is 76.4 Å². The number of hydrogen-bond acceptors (Lipinski definition) is 6. The molecule has 3 atom stereocenters. The second-order valence-electron chi connectivity index (χ2n) is 11.5. The Balaban J connectivity index is 1.36. The Morgan fingerprint density at radius 1 is 1.23 bits per heavy atom. The average Bonchev–Trinajstić information content (AvgIpc) is 3.22. The highest BCUT2D eigenvalue weighted by Gasteiger charge is 2.21. The molecule has 0 aliphatic carbocycles. The molecule has 0 radical (unpaired) electrons. The van der Waals surface area contributed by atoms with E-state index in [2.05, 4.69) is 27.4 Å². The van der Waals surface area contributed by atoms with E-state index in [-0.39, 0.29) is 22.3 Å². The fourth-order valence-corrected chi connectivity index (χ4v) is 6.66. The number of aromatic amines is 1. The van der Waals surface area contributed by atoms with E-state index in [9.17, 15) is 4.79 Å². The molecule has 8 nitrogen and oxygen atoms in total. The van der Waals surface area contributed by atoms with Gasteiger partial charge in [0.1, 0.15) is 5.65 Å². The molecule has 1 saturated heterocycles. The van der Waals surface area contributed by atoms with Crippen LogP contribution in [0.3, 0.4) is 0 Å². The standard InChI is InChI=1S/C32H39ClFN7OS/c1-19(35)5-4-6-20-15-25(29(34)26(33)16-20)28-17-22-18-41(32(42)40-30(22)39-28)24-11-9-21(10-12-24)27-8-3-2-7-23(38-27)13-14-43-31(36)37/h9-12,15-19,23,27,38H,2-8,13-14,35H2,1H3,(H3,36,37)(H,39,40,42)/t19-,23-,27-/m0/s1. The Bertz CT molecular complexity index is 1640. The third-order valence-corrected chi connectivity index (χ3v) is 9.07. The lowest BCUT2D eigenvalue weighted by Gasteiger charge is -2.23. The van der Waals surface area contributed by atoms with Crippen molar-refractivity contribution >= 4 is 39.6 Å². The molecule has 43 heavy (non-hydrogen) atoms. The van der Waals surface area contributed by atoms with Crippen LogP contribution in [0.5, 0.6) is 0 Å². The van der Waals surface area contributed by atoms with Gasteiger partial charge >= 0.3 is 5.69 Å². The summed E-state index contributed by atoms with van der Waals surface area (Å²) in [7, 11) is 0. The van der Waals surface area contributed by atoms with Gasteiger partial charge in [0.2, 0.25) is 0 Å². The van der Waals surface area contributed by atoms with Gasteiger partial charge in [-0.3, -0.25) is 9.98 Å². The summed E-state index contributed by atoms with van der Waals surface area (Å²) in [5, 5.41) is 12.1. The zero-order valence-electron chi connectivity index (χ0n) is 24.3. The number of rotatable bonds is 10. The summed E-state index contributed by atoms with van der Waals surface area (Å²) in [4.78, 5) is 20.4. The second kappa shape index (κ2) is 14.1. The smallest absolute Gasteiger partial charge is 0.354 e. The van der Waals surface area contributed by atoms with Crippen LogP contribution in [0.2, 0.25) is 5.02 Å². The maximum Gasteiger partial charge on any atom is 0.354 e. The van der Waals surface area contributed by atoms with Crippen molar-refractivity contribution in [3.05, 3.63) is 81.1 Å². The minimum atomic E-state index is -0.512. The number of nitrogens with two attached hydrogens (primary N) is 2. The van der Waals surface area contributed by atoms with Crippen molar-refractivity contribution in [3.63, 3.8) is 0 Å². The Morgan fingerprint density at radius 2 is 2.00 bits per heavy atom. The van der Waals surface area contributed by atoms with Crippen LogP contribution in [0, 0.1) is 11.2 Å². The monoisotopic (exact) mass is 623 g/mol. The maximum atomic E-state index is 15.1.